The van der Waals surface area contributed by atoms with E-state index in [1.54, 1.807) is 7.11 Å². The smallest absolute Gasteiger partial charge is 0.332 e. The first-order chi connectivity index (χ1) is 11.2. The van der Waals surface area contributed by atoms with E-state index in [4.69, 9.17) is 19.9 Å². The van der Waals surface area contributed by atoms with Gasteiger partial charge < -0.3 is 19.9 Å². The second kappa shape index (κ2) is 8.96. The molecule has 0 aliphatic carbocycles. The number of methoxy groups -OCH3 is 1. The molecule has 1 aromatic carbocycles. The molecular formula is C15H22N4O4. The average Bonchev–Trinajstić information content (AvgIpc) is 2.56. The maximum atomic E-state index is 10.7. The molecule has 1 saturated heterocycles. The van der Waals surface area contributed by atoms with Crippen LogP contribution in [0.5, 0.6) is 11.5 Å². The number of nitrogens with two attached hydrogens (primary N) is 1. The molecule has 0 aromatic heterocycles. The van der Waals surface area contributed by atoms with Crippen molar-refractivity contribution in [2.45, 2.75) is 0 Å². The lowest BCUT2D eigenvalue weighted by Crippen LogP contribution is -2.38. The van der Waals surface area contributed by atoms with Gasteiger partial charge in [0.15, 0.2) is 11.5 Å². The number of hydrazone groups is 1. The maximum absolute atomic E-state index is 10.7. The Morgan fingerprint density at radius 3 is 2.96 bits per heavy atom. The molecule has 2 amide bonds. The minimum Gasteiger partial charge on any atom is -0.493 e. The lowest BCUT2D eigenvalue weighted by atomic mass is 10.2. The molecule has 8 nitrogen and oxygen atoms in total. The number of amides is 2. The highest BCUT2D eigenvalue weighted by molar-refractivity contribution is 5.86. The SMILES string of the molecule is COc1cccc(C=NNC(N)=O)c1OCCN1CCOCC1. The van der Waals surface area contributed by atoms with Gasteiger partial charge in [0.25, 0.3) is 0 Å². The fourth-order valence-electron chi connectivity index (χ4n) is 2.22. The van der Waals surface area contributed by atoms with Crippen molar-refractivity contribution in [2.75, 3.05) is 46.6 Å². The molecule has 2 rings (SSSR count). The third-order valence-corrected chi connectivity index (χ3v) is 3.37. The van der Waals surface area contributed by atoms with Crippen molar-refractivity contribution in [3.63, 3.8) is 0 Å². The third-order valence-electron chi connectivity index (χ3n) is 3.37. The van der Waals surface area contributed by atoms with Crippen LogP contribution in [0.1, 0.15) is 5.56 Å². The first-order valence-electron chi connectivity index (χ1n) is 7.39. The van der Waals surface area contributed by atoms with Gasteiger partial charge in [0.1, 0.15) is 6.61 Å². The number of nitrogens with one attached hydrogen (secondary N) is 1. The molecule has 1 aliphatic rings. The fourth-order valence-corrected chi connectivity index (χ4v) is 2.22. The van der Waals surface area contributed by atoms with Crippen molar-refractivity contribution in [1.82, 2.24) is 10.3 Å². The number of hydrogen-bond acceptors (Lipinski definition) is 6. The van der Waals surface area contributed by atoms with Crippen LogP contribution >= 0.6 is 0 Å². The molecule has 8 heteroatoms. The van der Waals surface area contributed by atoms with Gasteiger partial charge in [-0.15, -0.1) is 0 Å². The lowest BCUT2D eigenvalue weighted by Gasteiger charge is -2.26. The molecular weight excluding hydrogens is 300 g/mol. The Bertz CT molecular complexity index is 544. The van der Waals surface area contributed by atoms with Crippen LogP contribution < -0.4 is 20.6 Å². The second-order valence-electron chi connectivity index (χ2n) is 4.92. The number of urea groups is 1. The first kappa shape index (κ1) is 17.0. The minimum absolute atomic E-state index is 0.518. The summed E-state index contributed by atoms with van der Waals surface area (Å²) < 4.78 is 16.5. The van der Waals surface area contributed by atoms with Crippen LogP contribution in [0.25, 0.3) is 0 Å². The Hall–Kier alpha value is -2.32. The van der Waals surface area contributed by atoms with Gasteiger partial charge in [-0.05, 0) is 12.1 Å². The molecule has 1 fully saturated rings. The van der Waals surface area contributed by atoms with E-state index in [2.05, 4.69) is 15.4 Å². The molecule has 1 aromatic rings. The summed E-state index contributed by atoms with van der Waals surface area (Å²) in [4.78, 5) is 12.9. The quantitative estimate of drug-likeness (QED) is 0.559. The van der Waals surface area contributed by atoms with E-state index in [1.165, 1.54) is 6.21 Å². The predicted molar refractivity (Wildman–Crippen MR) is 86.1 cm³/mol. The summed E-state index contributed by atoms with van der Waals surface area (Å²) >= 11 is 0. The van der Waals surface area contributed by atoms with E-state index >= 15 is 0 Å². The molecule has 1 aliphatic heterocycles. The van der Waals surface area contributed by atoms with Gasteiger partial charge in [-0.25, -0.2) is 10.2 Å². The Morgan fingerprint density at radius 2 is 2.26 bits per heavy atom. The van der Waals surface area contributed by atoms with Crippen LogP contribution in [-0.4, -0.2) is 63.7 Å². The Balaban J connectivity index is 1.99. The summed E-state index contributed by atoms with van der Waals surface area (Å²) in [5.41, 5.74) is 7.83. The number of para-hydroxylation sites is 1. The number of rotatable bonds is 7. The standard InChI is InChI=1S/C15H22N4O4/c1-21-13-4-2-3-12(11-17-18-15(16)20)14(13)23-10-7-19-5-8-22-9-6-19/h2-4,11H,5-10H2,1H3,(H3,16,18,20). The summed E-state index contributed by atoms with van der Waals surface area (Å²) in [7, 11) is 1.58. The van der Waals surface area contributed by atoms with Crippen LogP contribution in [0, 0.1) is 0 Å². The Morgan fingerprint density at radius 1 is 1.48 bits per heavy atom. The molecule has 0 unspecified atom stereocenters. The number of morpholine rings is 1. The summed E-state index contributed by atoms with van der Waals surface area (Å²) in [6.07, 6.45) is 1.47. The highest BCUT2D eigenvalue weighted by Crippen LogP contribution is 2.30. The maximum Gasteiger partial charge on any atom is 0.332 e. The van der Waals surface area contributed by atoms with E-state index in [1.807, 2.05) is 18.2 Å². The molecule has 0 spiro atoms. The van der Waals surface area contributed by atoms with Gasteiger partial charge in [0.05, 0.1) is 26.5 Å². The molecule has 1 heterocycles. The van der Waals surface area contributed by atoms with E-state index in [9.17, 15) is 4.79 Å². The lowest BCUT2D eigenvalue weighted by molar-refractivity contribution is 0.0321. The van der Waals surface area contributed by atoms with Crippen molar-refractivity contribution < 1.29 is 19.0 Å². The number of benzene rings is 1. The fraction of sp³-hybridized carbons (Fsp3) is 0.467. The van der Waals surface area contributed by atoms with Gasteiger partial charge in [-0.3, -0.25) is 4.90 Å². The summed E-state index contributed by atoms with van der Waals surface area (Å²) in [6.45, 7) is 4.65. The summed E-state index contributed by atoms with van der Waals surface area (Å²) in [6, 6.07) is 4.72. The van der Waals surface area contributed by atoms with E-state index < -0.39 is 6.03 Å². The van der Waals surface area contributed by atoms with E-state index in [0.717, 1.165) is 32.8 Å². The molecule has 0 atom stereocenters. The van der Waals surface area contributed by atoms with Crippen molar-refractivity contribution >= 4 is 12.2 Å². The minimum atomic E-state index is -0.723. The van der Waals surface area contributed by atoms with Crippen molar-refractivity contribution in [1.29, 1.82) is 0 Å². The van der Waals surface area contributed by atoms with Gasteiger partial charge in [-0.1, -0.05) is 6.07 Å². The van der Waals surface area contributed by atoms with Gasteiger partial charge >= 0.3 is 6.03 Å². The highest BCUT2D eigenvalue weighted by atomic mass is 16.5. The van der Waals surface area contributed by atoms with Crippen LogP contribution in [0.15, 0.2) is 23.3 Å². The van der Waals surface area contributed by atoms with Crippen LogP contribution in [-0.2, 0) is 4.74 Å². The van der Waals surface area contributed by atoms with Crippen LogP contribution in [0.3, 0.4) is 0 Å². The molecule has 0 saturated carbocycles. The molecule has 3 N–H and O–H groups in total. The molecule has 126 valence electrons. The number of ether oxygens (including phenoxy) is 3. The van der Waals surface area contributed by atoms with Crippen molar-refractivity contribution in [3.05, 3.63) is 23.8 Å². The Labute approximate surface area is 135 Å². The zero-order valence-electron chi connectivity index (χ0n) is 13.2. The van der Waals surface area contributed by atoms with E-state index in [0.29, 0.717) is 23.7 Å². The number of nitrogens with zero attached hydrogens (tertiary/aromatic N) is 2. The summed E-state index contributed by atoms with van der Waals surface area (Å²) in [5, 5.41) is 3.76. The first-order valence-corrected chi connectivity index (χ1v) is 7.39. The van der Waals surface area contributed by atoms with Crippen molar-refractivity contribution in [3.8, 4) is 11.5 Å². The van der Waals surface area contributed by atoms with Crippen LogP contribution in [0.4, 0.5) is 4.79 Å². The third kappa shape index (κ3) is 5.42. The predicted octanol–water partition coefficient (Wildman–Crippen LogP) is 0.408. The number of carbonyl (C=O) groups is 1. The van der Waals surface area contributed by atoms with Crippen molar-refractivity contribution in [2.24, 2.45) is 10.8 Å². The average molecular weight is 322 g/mol. The number of hydrogen-bond donors (Lipinski definition) is 2. The Kier molecular flexibility index (Phi) is 6.64. The topological polar surface area (TPSA) is 98.4 Å². The van der Waals surface area contributed by atoms with E-state index in [-0.39, 0.29) is 0 Å². The number of carbonyl (C=O) groups excluding carboxylic acids is 1. The largest absolute Gasteiger partial charge is 0.493 e. The van der Waals surface area contributed by atoms with Gasteiger partial charge in [-0.2, -0.15) is 5.10 Å². The zero-order chi connectivity index (χ0) is 16.5. The highest BCUT2D eigenvalue weighted by Gasteiger charge is 2.12. The number of primary amides is 1. The monoisotopic (exact) mass is 322 g/mol. The summed E-state index contributed by atoms with van der Waals surface area (Å²) in [5.74, 6) is 1.19. The van der Waals surface area contributed by atoms with Gasteiger partial charge in [0, 0.05) is 25.2 Å². The van der Waals surface area contributed by atoms with Crippen LogP contribution in [0.2, 0.25) is 0 Å². The molecule has 0 radical (unpaired) electrons. The molecule has 0 bridgehead atoms. The van der Waals surface area contributed by atoms with Gasteiger partial charge in [0.2, 0.25) is 0 Å². The second-order valence-corrected chi connectivity index (χ2v) is 4.92. The molecule has 23 heavy (non-hydrogen) atoms. The zero-order valence-corrected chi connectivity index (χ0v) is 13.2. The normalized spacial score (nSPS) is 15.5.